The van der Waals surface area contributed by atoms with E-state index in [1.54, 1.807) is 15.8 Å². The standard InChI is InChI=1S/C13H21N5O3/c1-17-9-15-16-11(17)7-14-13(21)18-6-2-3-10(8-18)4-5-12(19)20/h9-10H,2-8H2,1H3,(H,14,21)(H,19,20). The minimum Gasteiger partial charge on any atom is -0.481 e. The van der Waals surface area contributed by atoms with Crippen LogP contribution in [0.15, 0.2) is 6.33 Å². The zero-order valence-electron chi connectivity index (χ0n) is 12.2. The number of aromatic nitrogens is 3. The Bertz CT molecular complexity index is 502. The molecule has 0 spiro atoms. The highest BCUT2D eigenvalue weighted by molar-refractivity contribution is 5.74. The lowest BCUT2D eigenvalue weighted by molar-refractivity contribution is -0.137. The molecule has 1 aromatic heterocycles. The van der Waals surface area contributed by atoms with Crippen LogP contribution in [0.4, 0.5) is 4.79 Å². The zero-order valence-corrected chi connectivity index (χ0v) is 12.2. The van der Waals surface area contributed by atoms with E-state index in [0.29, 0.717) is 31.9 Å². The molecule has 116 valence electrons. The van der Waals surface area contributed by atoms with Crippen LogP contribution in [0, 0.1) is 5.92 Å². The van der Waals surface area contributed by atoms with Crippen molar-refractivity contribution in [1.82, 2.24) is 25.0 Å². The van der Waals surface area contributed by atoms with Gasteiger partial charge in [-0.05, 0) is 25.2 Å². The first-order valence-electron chi connectivity index (χ1n) is 7.13. The molecule has 0 bridgehead atoms. The first-order valence-corrected chi connectivity index (χ1v) is 7.13. The summed E-state index contributed by atoms with van der Waals surface area (Å²) in [5, 5.41) is 19.2. The normalized spacial score (nSPS) is 18.5. The van der Waals surface area contributed by atoms with Gasteiger partial charge in [0.25, 0.3) is 0 Å². The Morgan fingerprint density at radius 2 is 2.33 bits per heavy atom. The Morgan fingerprint density at radius 1 is 1.52 bits per heavy atom. The molecule has 21 heavy (non-hydrogen) atoms. The molecular formula is C13H21N5O3. The number of hydrogen-bond donors (Lipinski definition) is 2. The summed E-state index contributed by atoms with van der Waals surface area (Å²) in [4.78, 5) is 24.5. The predicted octanol–water partition coefficient (Wildman–Crippen LogP) is 0.601. The van der Waals surface area contributed by atoms with Gasteiger partial charge in [-0.3, -0.25) is 4.79 Å². The van der Waals surface area contributed by atoms with Crippen molar-refractivity contribution in [2.24, 2.45) is 13.0 Å². The van der Waals surface area contributed by atoms with Crippen LogP contribution in [0.2, 0.25) is 0 Å². The molecule has 8 nitrogen and oxygen atoms in total. The number of nitrogens with zero attached hydrogens (tertiary/aromatic N) is 4. The van der Waals surface area contributed by atoms with Gasteiger partial charge in [0.2, 0.25) is 0 Å². The number of hydrogen-bond acceptors (Lipinski definition) is 4. The van der Waals surface area contributed by atoms with Crippen LogP contribution >= 0.6 is 0 Å². The van der Waals surface area contributed by atoms with Crippen molar-refractivity contribution >= 4 is 12.0 Å². The molecule has 1 unspecified atom stereocenters. The van der Waals surface area contributed by atoms with E-state index in [4.69, 9.17) is 5.11 Å². The van der Waals surface area contributed by atoms with Crippen molar-refractivity contribution in [2.75, 3.05) is 13.1 Å². The summed E-state index contributed by atoms with van der Waals surface area (Å²) in [6, 6.07) is -0.127. The first kappa shape index (κ1) is 15.3. The molecule has 1 atom stereocenters. The molecule has 8 heteroatoms. The maximum absolute atomic E-state index is 12.1. The highest BCUT2D eigenvalue weighted by Gasteiger charge is 2.24. The highest BCUT2D eigenvalue weighted by Crippen LogP contribution is 2.21. The van der Waals surface area contributed by atoms with Gasteiger partial charge in [0.1, 0.15) is 6.33 Å². The Kier molecular flexibility index (Phi) is 5.13. The number of rotatable bonds is 5. The van der Waals surface area contributed by atoms with Gasteiger partial charge in [0, 0.05) is 26.6 Å². The molecule has 1 saturated heterocycles. The number of urea groups is 1. The Morgan fingerprint density at radius 3 is 3.00 bits per heavy atom. The maximum Gasteiger partial charge on any atom is 0.317 e. The quantitative estimate of drug-likeness (QED) is 0.828. The number of aliphatic carboxylic acids is 1. The van der Waals surface area contributed by atoms with E-state index in [9.17, 15) is 9.59 Å². The number of carbonyl (C=O) groups excluding carboxylic acids is 1. The topological polar surface area (TPSA) is 100 Å². The van der Waals surface area contributed by atoms with Crippen LogP contribution in [0.1, 0.15) is 31.5 Å². The number of piperidine rings is 1. The van der Waals surface area contributed by atoms with Gasteiger partial charge in [-0.25, -0.2) is 4.79 Å². The van der Waals surface area contributed by atoms with Crippen molar-refractivity contribution in [3.63, 3.8) is 0 Å². The minimum absolute atomic E-state index is 0.127. The summed E-state index contributed by atoms with van der Waals surface area (Å²) in [5.41, 5.74) is 0. The predicted molar refractivity (Wildman–Crippen MR) is 74.4 cm³/mol. The lowest BCUT2D eigenvalue weighted by Gasteiger charge is -2.32. The summed E-state index contributed by atoms with van der Waals surface area (Å²) in [6.07, 6.45) is 4.29. The fourth-order valence-electron chi connectivity index (χ4n) is 2.55. The second kappa shape index (κ2) is 7.05. The molecule has 0 radical (unpaired) electrons. The van der Waals surface area contributed by atoms with E-state index in [-0.39, 0.29) is 18.4 Å². The molecule has 0 saturated carbocycles. The van der Waals surface area contributed by atoms with Gasteiger partial charge in [-0.1, -0.05) is 0 Å². The number of aryl methyl sites for hydroxylation is 1. The second-order valence-corrected chi connectivity index (χ2v) is 5.40. The number of carboxylic acid groups (broad SMARTS) is 1. The minimum atomic E-state index is -0.779. The van der Waals surface area contributed by atoms with Crippen molar-refractivity contribution in [3.8, 4) is 0 Å². The van der Waals surface area contributed by atoms with Gasteiger partial charge >= 0.3 is 12.0 Å². The maximum atomic E-state index is 12.1. The lowest BCUT2D eigenvalue weighted by atomic mass is 9.93. The van der Waals surface area contributed by atoms with E-state index in [1.807, 2.05) is 7.05 Å². The van der Waals surface area contributed by atoms with Crippen LogP contribution in [0.5, 0.6) is 0 Å². The third-order valence-electron chi connectivity index (χ3n) is 3.78. The van der Waals surface area contributed by atoms with E-state index in [1.165, 1.54) is 0 Å². The summed E-state index contributed by atoms with van der Waals surface area (Å²) < 4.78 is 1.76. The Hall–Kier alpha value is -2.12. The number of nitrogens with one attached hydrogen (secondary N) is 1. The highest BCUT2D eigenvalue weighted by atomic mass is 16.4. The monoisotopic (exact) mass is 295 g/mol. The molecule has 0 aliphatic carbocycles. The van der Waals surface area contributed by atoms with Gasteiger partial charge in [0.05, 0.1) is 6.54 Å². The molecular weight excluding hydrogens is 274 g/mol. The van der Waals surface area contributed by atoms with Crippen LogP contribution in [-0.2, 0) is 18.4 Å². The molecule has 1 aliphatic rings. The van der Waals surface area contributed by atoms with Crippen molar-refractivity contribution < 1.29 is 14.7 Å². The smallest absolute Gasteiger partial charge is 0.317 e. The van der Waals surface area contributed by atoms with Crippen LogP contribution in [-0.4, -0.2) is 49.9 Å². The third kappa shape index (κ3) is 4.44. The SMILES string of the molecule is Cn1cnnc1CNC(=O)N1CCCC(CCC(=O)O)C1. The number of carbonyl (C=O) groups is 2. The van der Waals surface area contributed by atoms with E-state index < -0.39 is 5.97 Å². The van der Waals surface area contributed by atoms with Gasteiger partial charge in [-0.15, -0.1) is 10.2 Å². The van der Waals surface area contributed by atoms with Crippen LogP contribution in [0.25, 0.3) is 0 Å². The van der Waals surface area contributed by atoms with Gasteiger partial charge in [0.15, 0.2) is 5.82 Å². The fraction of sp³-hybridized carbons (Fsp3) is 0.692. The Labute approximate surface area is 123 Å². The summed E-state index contributed by atoms with van der Waals surface area (Å²) in [5.74, 6) is 0.192. The molecule has 1 aliphatic heterocycles. The molecule has 2 rings (SSSR count). The van der Waals surface area contributed by atoms with Crippen molar-refractivity contribution in [3.05, 3.63) is 12.2 Å². The average Bonchev–Trinajstić information content (AvgIpc) is 2.88. The number of carboxylic acids is 1. The summed E-state index contributed by atoms with van der Waals surface area (Å²) in [7, 11) is 1.82. The average molecular weight is 295 g/mol. The van der Waals surface area contributed by atoms with Gasteiger partial charge < -0.3 is 19.9 Å². The molecule has 1 aromatic rings. The third-order valence-corrected chi connectivity index (χ3v) is 3.78. The van der Waals surface area contributed by atoms with Crippen LogP contribution < -0.4 is 5.32 Å². The van der Waals surface area contributed by atoms with Gasteiger partial charge in [-0.2, -0.15) is 0 Å². The van der Waals surface area contributed by atoms with E-state index in [0.717, 1.165) is 12.8 Å². The van der Waals surface area contributed by atoms with Crippen molar-refractivity contribution in [1.29, 1.82) is 0 Å². The molecule has 1 fully saturated rings. The van der Waals surface area contributed by atoms with E-state index in [2.05, 4.69) is 15.5 Å². The summed E-state index contributed by atoms with van der Waals surface area (Å²) >= 11 is 0. The first-order chi connectivity index (χ1) is 10.1. The molecule has 2 heterocycles. The molecule has 2 amide bonds. The summed E-state index contributed by atoms with van der Waals surface area (Å²) in [6.45, 7) is 1.68. The van der Waals surface area contributed by atoms with Crippen LogP contribution in [0.3, 0.4) is 0 Å². The molecule has 0 aromatic carbocycles. The second-order valence-electron chi connectivity index (χ2n) is 5.40. The Balaban J connectivity index is 1.79. The number of amides is 2. The lowest BCUT2D eigenvalue weighted by Crippen LogP contribution is -2.45. The zero-order chi connectivity index (χ0) is 15.2. The fourth-order valence-corrected chi connectivity index (χ4v) is 2.55. The number of likely N-dealkylation sites (tertiary alicyclic amines) is 1. The molecule has 2 N–H and O–H groups in total. The van der Waals surface area contributed by atoms with E-state index >= 15 is 0 Å². The van der Waals surface area contributed by atoms with Crippen molar-refractivity contribution in [2.45, 2.75) is 32.2 Å². The largest absolute Gasteiger partial charge is 0.481 e.